The molecule has 0 radical (unpaired) electrons. The largest absolute Gasteiger partial charge is 0.443 e. The first-order valence-corrected chi connectivity index (χ1v) is 11.6. The van der Waals surface area contributed by atoms with Gasteiger partial charge in [-0.3, -0.25) is 4.99 Å². The molecule has 0 atom stereocenters. The molecule has 1 aromatic carbocycles. The summed E-state index contributed by atoms with van der Waals surface area (Å²) in [5.74, 6) is 2.03. The van der Waals surface area contributed by atoms with Crippen LogP contribution in [0.2, 0.25) is 0 Å². The van der Waals surface area contributed by atoms with Gasteiger partial charge < -0.3 is 15.1 Å². The zero-order valence-corrected chi connectivity index (χ0v) is 19.4. The average molecular weight is 436 g/mol. The zero-order valence-electron chi connectivity index (χ0n) is 18.6. The topological polar surface area (TPSA) is 109 Å². The van der Waals surface area contributed by atoms with Crippen molar-refractivity contribution in [1.82, 2.24) is 20.3 Å². The lowest BCUT2D eigenvalue weighted by Gasteiger charge is -2.13. The molecule has 1 heterocycles. The Bertz CT molecular complexity index is 942. The smallest absolute Gasteiger partial charge is 0.216 e. The number of nitrogens with zero attached hydrogens (tertiary/aromatic N) is 2. The summed E-state index contributed by atoms with van der Waals surface area (Å²) in [7, 11) is -1.63. The van der Waals surface area contributed by atoms with Gasteiger partial charge in [-0.15, -0.1) is 0 Å². The Balaban J connectivity index is 1.85. The third-order valence-corrected chi connectivity index (χ3v) is 5.72. The van der Waals surface area contributed by atoms with E-state index < -0.39 is 10.0 Å². The second kappa shape index (κ2) is 10.1. The van der Waals surface area contributed by atoms with Gasteiger partial charge in [0, 0.05) is 25.0 Å². The van der Waals surface area contributed by atoms with Crippen molar-refractivity contribution in [2.24, 2.45) is 4.99 Å². The van der Waals surface area contributed by atoms with Gasteiger partial charge >= 0.3 is 0 Å². The summed E-state index contributed by atoms with van der Waals surface area (Å²) < 4.78 is 32.4. The Kier molecular flexibility index (Phi) is 8.03. The molecule has 0 spiro atoms. The highest BCUT2D eigenvalue weighted by Gasteiger charge is 2.19. The molecule has 0 aliphatic rings. The highest BCUT2D eigenvalue weighted by molar-refractivity contribution is 7.88. The first-order chi connectivity index (χ1) is 14.0. The Morgan fingerprint density at radius 3 is 2.23 bits per heavy atom. The molecule has 1 aromatic heterocycles. The van der Waals surface area contributed by atoms with Gasteiger partial charge in [-0.2, -0.15) is 0 Å². The zero-order chi connectivity index (χ0) is 22.4. The quantitative estimate of drug-likeness (QED) is 0.435. The van der Waals surface area contributed by atoms with Crippen LogP contribution in [0.3, 0.4) is 0 Å². The third-order valence-electron chi connectivity index (χ3n) is 4.18. The van der Waals surface area contributed by atoms with Crippen LogP contribution in [-0.2, 0) is 34.3 Å². The summed E-state index contributed by atoms with van der Waals surface area (Å²) in [5.41, 5.74) is 1.68. The molecule has 0 fully saturated rings. The fourth-order valence-corrected chi connectivity index (χ4v) is 4.11. The van der Waals surface area contributed by atoms with E-state index in [1.807, 2.05) is 24.3 Å². The van der Waals surface area contributed by atoms with Crippen molar-refractivity contribution in [3.63, 3.8) is 0 Å². The summed E-state index contributed by atoms with van der Waals surface area (Å²) >= 11 is 0. The maximum Gasteiger partial charge on any atom is 0.216 e. The second-order valence-corrected chi connectivity index (χ2v) is 10.2. The molecule has 30 heavy (non-hydrogen) atoms. The molecule has 2 rings (SSSR count). The van der Waals surface area contributed by atoms with Crippen molar-refractivity contribution in [2.45, 2.75) is 64.9 Å². The van der Waals surface area contributed by atoms with E-state index in [4.69, 9.17) is 4.42 Å². The summed E-state index contributed by atoms with van der Waals surface area (Å²) in [5, 5.41) is 6.40. The number of sulfonamides is 1. The molecule has 0 bridgehead atoms. The molecule has 0 saturated carbocycles. The molecule has 0 amide bonds. The number of oxazole rings is 1. The maximum atomic E-state index is 12.0. The van der Waals surface area contributed by atoms with Gasteiger partial charge in [0.15, 0.2) is 5.96 Å². The summed E-state index contributed by atoms with van der Waals surface area (Å²) in [6.45, 7) is 10.8. The van der Waals surface area contributed by atoms with Gasteiger partial charge in [0.25, 0.3) is 0 Å². The highest BCUT2D eigenvalue weighted by Crippen LogP contribution is 2.22. The number of benzene rings is 1. The molecule has 0 unspecified atom stereocenters. The van der Waals surface area contributed by atoms with Crippen LogP contribution in [0.4, 0.5) is 0 Å². The van der Waals surface area contributed by atoms with Gasteiger partial charge in [0.05, 0.1) is 18.5 Å². The number of nitrogens with one attached hydrogen (secondary N) is 3. The minimum Gasteiger partial charge on any atom is -0.443 e. The van der Waals surface area contributed by atoms with Gasteiger partial charge in [-0.05, 0) is 25.0 Å². The third kappa shape index (κ3) is 7.79. The number of aliphatic imine (C=N–C) groups is 1. The van der Waals surface area contributed by atoms with Crippen molar-refractivity contribution in [2.75, 3.05) is 7.05 Å². The molecule has 2 aromatic rings. The molecule has 0 aliphatic heterocycles. The van der Waals surface area contributed by atoms with E-state index in [1.54, 1.807) is 27.1 Å². The number of aromatic nitrogens is 1. The first kappa shape index (κ1) is 23.9. The van der Waals surface area contributed by atoms with Crippen LogP contribution in [0.5, 0.6) is 0 Å². The number of hydrogen-bond acceptors (Lipinski definition) is 5. The molecular weight excluding hydrogens is 402 g/mol. The minimum absolute atomic E-state index is 0.0329. The van der Waals surface area contributed by atoms with E-state index in [0.717, 1.165) is 16.9 Å². The molecule has 0 saturated heterocycles. The SMILES string of the molecule is CN=C(NCc1ccc(CS(=O)(=O)NC(C)C)cc1)NCc1ncc(C(C)(C)C)o1. The predicted molar refractivity (Wildman–Crippen MR) is 120 cm³/mol. The fraction of sp³-hybridized carbons (Fsp3) is 0.524. The van der Waals surface area contributed by atoms with Crippen molar-refractivity contribution in [3.05, 3.63) is 53.2 Å². The summed E-state index contributed by atoms with van der Waals surface area (Å²) in [6, 6.07) is 7.35. The van der Waals surface area contributed by atoms with Crippen LogP contribution < -0.4 is 15.4 Å². The normalized spacial score (nSPS) is 13.0. The van der Waals surface area contributed by atoms with Crippen LogP contribution in [0.1, 0.15) is 57.4 Å². The second-order valence-electron chi connectivity index (χ2n) is 8.50. The van der Waals surface area contributed by atoms with Crippen LogP contribution in [0, 0.1) is 0 Å². The van der Waals surface area contributed by atoms with E-state index in [-0.39, 0.29) is 17.2 Å². The van der Waals surface area contributed by atoms with E-state index in [1.165, 1.54) is 0 Å². The van der Waals surface area contributed by atoms with E-state index in [9.17, 15) is 8.42 Å². The highest BCUT2D eigenvalue weighted by atomic mass is 32.2. The molecule has 8 nitrogen and oxygen atoms in total. The van der Waals surface area contributed by atoms with Crippen LogP contribution in [0.15, 0.2) is 39.9 Å². The van der Waals surface area contributed by atoms with Gasteiger partial charge in [0.1, 0.15) is 5.76 Å². The first-order valence-electron chi connectivity index (χ1n) is 9.96. The number of rotatable bonds is 8. The molecule has 3 N–H and O–H groups in total. The Morgan fingerprint density at radius 2 is 1.70 bits per heavy atom. The lowest BCUT2D eigenvalue weighted by Crippen LogP contribution is -2.36. The standard InChI is InChI=1S/C21H33N5O3S/c1-15(2)26-30(27,28)14-17-9-7-16(8-10-17)11-24-20(22-6)25-13-19-23-12-18(29-19)21(3,4)5/h7-10,12,15,26H,11,13-14H2,1-6H3,(H2,22,24,25). The number of hydrogen-bond donors (Lipinski definition) is 3. The fourth-order valence-electron chi connectivity index (χ4n) is 2.68. The van der Waals surface area contributed by atoms with Crippen molar-refractivity contribution in [1.29, 1.82) is 0 Å². The van der Waals surface area contributed by atoms with Crippen molar-refractivity contribution in [3.8, 4) is 0 Å². The predicted octanol–water partition coefficient (Wildman–Crippen LogP) is 2.67. The Labute approximate surface area is 179 Å². The van der Waals surface area contributed by atoms with Crippen molar-refractivity contribution >= 4 is 16.0 Å². The summed E-state index contributed by atoms with van der Waals surface area (Å²) in [6.07, 6.45) is 1.76. The van der Waals surface area contributed by atoms with Crippen LogP contribution >= 0.6 is 0 Å². The average Bonchev–Trinajstić information content (AvgIpc) is 3.11. The van der Waals surface area contributed by atoms with E-state index in [2.05, 4.69) is 46.1 Å². The van der Waals surface area contributed by atoms with E-state index in [0.29, 0.717) is 24.9 Å². The van der Waals surface area contributed by atoms with Crippen molar-refractivity contribution < 1.29 is 12.8 Å². The molecular formula is C21H33N5O3S. The summed E-state index contributed by atoms with van der Waals surface area (Å²) in [4.78, 5) is 8.50. The van der Waals surface area contributed by atoms with Gasteiger partial charge in [-0.1, -0.05) is 45.0 Å². The monoisotopic (exact) mass is 435 g/mol. The van der Waals surface area contributed by atoms with Gasteiger partial charge in [-0.25, -0.2) is 18.1 Å². The molecule has 0 aliphatic carbocycles. The Morgan fingerprint density at radius 1 is 1.10 bits per heavy atom. The number of guanidine groups is 1. The lowest BCUT2D eigenvalue weighted by molar-refractivity contribution is 0.379. The van der Waals surface area contributed by atoms with E-state index >= 15 is 0 Å². The molecule has 166 valence electrons. The van der Waals surface area contributed by atoms with Crippen LogP contribution in [0.25, 0.3) is 0 Å². The lowest BCUT2D eigenvalue weighted by atomic mass is 9.94. The Hall–Kier alpha value is -2.39. The van der Waals surface area contributed by atoms with Crippen LogP contribution in [-0.4, -0.2) is 32.5 Å². The maximum absolute atomic E-state index is 12.0. The van der Waals surface area contributed by atoms with Gasteiger partial charge in [0.2, 0.25) is 15.9 Å². The minimum atomic E-state index is -3.33. The molecule has 9 heteroatoms.